The van der Waals surface area contributed by atoms with Gasteiger partial charge in [-0.1, -0.05) is 0 Å². The van der Waals surface area contributed by atoms with Crippen molar-refractivity contribution in [3.8, 4) is 17.4 Å². The molecule has 0 unspecified atom stereocenters. The second-order valence-electron chi connectivity index (χ2n) is 2.54. The zero-order valence-corrected chi connectivity index (χ0v) is 10.9. The van der Waals surface area contributed by atoms with Gasteiger partial charge in [-0.25, -0.2) is 4.98 Å². The molecular formula is C9H12INO4. The number of hydrogen-bond donors (Lipinski definition) is 0. The Labute approximate surface area is 102 Å². The number of hydrogen-bond acceptors (Lipinski definition) is 5. The van der Waals surface area contributed by atoms with Crippen LogP contribution in [0, 0.1) is 3.70 Å². The first-order valence-electron chi connectivity index (χ1n) is 4.13. The van der Waals surface area contributed by atoms with Gasteiger partial charge in [0.15, 0.2) is 12.5 Å². The summed E-state index contributed by atoms with van der Waals surface area (Å²) in [7, 11) is 4.61. The van der Waals surface area contributed by atoms with Gasteiger partial charge >= 0.3 is 0 Å². The van der Waals surface area contributed by atoms with E-state index < -0.39 is 0 Å². The molecule has 15 heavy (non-hydrogen) atoms. The van der Waals surface area contributed by atoms with E-state index in [2.05, 4.69) is 27.6 Å². The molecule has 0 saturated carbocycles. The van der Waals surface area contributed by atoms with Crippen molar-refractivity contribution in [3.05, 3.63) is 9.77 Å². The van der Waals surface area contributed by atoms with Gasteiger partial charge in [-0.15, -0.1) is 0 Å². The Bertz CT molecular complexity index is 332. The van der Waals surface area contributed by atoms with Crippen LogP contribution in [-0.2, 0) is 4.74 Å². The Morgan fingerprint density at radius 3 is 2.53 bits per heavy atom. The van der Waals surface area contributed by atoms with Crippen LogP contribution >= 0.6 is 22.6 Å². The standard InChI is InChI=1S/C9H12INO4/c1-12-5-15-6-4-7(10)11-9(14-3)8(6)13-2/h4H,5H2,1-3H3. The number of ether oxygens (including phenoxy) is 4. The molecule has 0 amide bonds. The fraction of sp³-hybridized carbons (Fsp3) is 0.444. The van der Waals surface area contributed by atoms with Crippen molar-refractivity contribution >= 4 is 22.6 Å². The molecule has 5 nitrogen and oxygen atoms in total. The van der Waals surface area contributed by atoms with E-state index in [1.807, 2.05) is 0 Å². The van der Waals surface area contributed by atoms with Crippen LogP contribution in [0.3, 0.4) is 0 Å². The maximum Gasteiger partial charge on any atom is 0.261 e. The van der Waals surface area contributed by atoms with Crippen molar-refractivity contribution in [2.45, 2.75) is 0 Å². The Kier molecular flexibility index (Phi) is 4.89. The van der Waals surface area contributed by atoms with Gasteiger partial charge in [0.2, 0.25) is 5.75 Å². The average molecular weight is 325 g/mol. The van der Waals surface area contributed by atoms with Gasteiger partial charge in [-0.2, -0.15) is 0 Å². The number of methoxy groups -OCH3 is 3. The molecule has 0 aromatic carbocycles. The SMILES string of the molecule is COCOc1cc(I)nc(OC)c1OC. The van der Waals surface area contributed by atoms with Gasteiger partial charge in [0.05, 0.1) is 14.2 Å². The summed E-state index contributed by atoms with van der Waals surface area (Å²) in [5.74, 6) is 1.42. The summed E-state index contributed by atoms with van der Waals surface area (Å²) in [6.45, 7) is 0.152. The molecule has 1 aromatic heterocycles. The number of pyridine rings is 1. The third-order valence-electron chi connectivity index (χ3n) is 1.61. The largest absolute Gasteiger partial charge is 0.489 e. The van der Waals surface area contributed by atoms with Crippen molar-refractivity contribution in [2.75, 3.05) is 28.1 Å². The van der Waals surface area contributed by atoms with E-state index in [1.165, 1.54) is 14.2 Å². The third kappa shape index (κ3) is 3.10. The Hall–Kier alpha value is -0.760. The quantitative estimate of drug-likeness (QED) is 0.468. The summed E-state index contributed by atoms with van der Waals surface area (Å²) in [5.41, 5.74) is 0. The predicted octanol–water partition coefficient (Wildman–Crippen LogP) is 1.69. The van der Waals surface area contributed by atoms with Crippen molar-refractivity contribution in [1.82, 2.24) is 4.98 Å². The fourth-order valence-electron chi connectivity index (χ4n) is 1.02. The van der Waals surface area contributed by atoms with Crippen LogP contribution in [0.25, 0.3) is 0 Å². The molecule has 1 rings (SSSR count). The molecule has 0 spiro atoms. The highest BCUT2D eigenvalue weighted by Crippen LogP contribution is 2.36. The minimum Gasteiger partial charge on any atom is -0.489 e. The van der Waals surface area contributed by atoms with Crippen LogP contribution in [0.5, 0.6) is 17.4 Å². The van der Waals surface area contributed by atoms with Crippen molar-refractivity contribution in [2.24, 2.45) is 0 Å². The van der Waals surface area contributed by atoms with Crippen LogP contribution in [0.1, 0.15) is 0 Å². The molecule has 84 valence electrons. The fourth-order valence-corrected chi connectivity index (χ4v) is 1.52. The molecule has 6 heteroatoms. The van der Waals surface area contributed by atoms with Crippen molar-refractivity contribution in [3.63, 3.8) is 0 Å². The Morgan fingerprint density at radius 2 is 2.00 bits per heavy atom. The molecule has 0 saturated heterocycles. The molecule has 0 bridgehead atoms. The maximum absolute atomic E-state index is 5.33. The molecule has 0 aliphatic rings. The molecule has 0 N–H and O–H groups in total. The molecule has 0 radical (unpaired) electrons. The van der Waals surface area contributed by atoms with Crippen molar-refractivity contribution in [1.29, 1.82) is 0 Å². The number of halogens is 1. The van der Waals surface area contributed by atoms with Crippen molar-refractivity contribution < 1.29 is 18.9 Å². The summed E-state index contributed by atoms with van der Waals surface area (Å²) in [5, 5.41) is 0. The monoisotopic (exact) mass is 325 g/mol. The van der Waals surface area contributed by atoms with Crippen LogP contribution in [-0.4, -0.2) is 33.1 Å². The predicted molar refractivity (Wildman–Crippen MR) is 62.6 cm³/mol. The summed E-state index contributed by atoms with van der Waals surface area (Å²) in [4.78, 5) is 4.15. The third-order valence-corrected chi connectivity index (χ3v) is 2.16. The van der Waals surface area contributed by atoms with Gasteiger partial charge in [0.1, 0.15) is 3.70 Å². The first kappa shape index (κ1) is 12.3. The molecular weight excluding hydrogens is 313 g/mol. The lowest BCUT2D eigenvalue weighted by Crippen LogP contribution is -2.03. The summed E-state index contributed by atoms with van der Waals surface area (Å²) in [6.07, 6.45) is 0. The Balaban J connectivity index is 3.05. The second-order valence-corrected chi connectivity index (χ2v) is 3.64. The summed E-state index contributed by atoms with van der Waals surface area (Å²) >= 11 is 2.07. The molecule has 0 aliphatic carbocycles. The van der Waals surface area contributed by atoms with E-state index in [9.17, 15) is 0 Å². The zero-order chi connectivity index (χ0) is 11.3. The lowest BCUT2D eigenvalue weighted by atomic mass is 10.4. The average Bonchev–Trinajstić information content (AvgIpc) is 2.25. The van der Waals surface area contributed by atoms with E-state index in [-0.39, 0.29) is 6.79 Å². The first-order valence-corrected chi connectivity index (χ1v) is 5.21. The van der Waals surface area contributed by atoms with E-state index in [0.29, 0.717) is 17.4 Å². The lowest BCUT2D eigenvalue weighted by molar-refractivity contribution is 0.0487. The normalized spacial score (nSPS) is 9.87. The molecule has 0 atom stereocenters. The second kappa shape index (κ2) is 5.96. The highest BCUT2D eigenvalue weighted by molar-refractivity contribution is 14.1. The van der Waals surface area contributed by atoms with Crippen LogP contribution < -0.4 is 14.2 Å². The number of nitrogens with zero attached hydrogens (tertiary/aromatic N) is 1. The van der Waals surface area contributed by atoms with E-state index in [0.717, 1.165) is 3.70 Å². The number of rotatable bonds is 5. The van der Waals surface area contributed by atoms with Crippen LogP contribution in [0.4, 0.5) is 0 Å². The minimum atomic E-state index is 0.152. The van der Waals surface area contributed by atoms with Gasteiger partial charge in [-0.05, 0) is 22.6 Å². The summed E-state index contributed by atoms with van der Waals surface area (Å²) < 4.78 is 21.1. The minimum absolute atomic E-state index is 0.152. The first-order chi connectivity index (χ1) is 7.22. The Morgan fingerprint density at radius 1 is 1.27 bits per heavy atom. The lowest BCUT2D eigenvalue weighted by Gasteiger charge is -2.12. The number of aromatic nitrogens is 1. The molecule has 0 aliphatic heterocycles. The van der Waals surface area contributed by atoms with E-state index in [4.69, 9.17) is 18.9 Å². The van der Waals surface area contributed by atoms with Gasteiger partial charge < -0.3 is 18.9 Å². The topological polar surface area (TPSA) is 49.8 Å². The van der Waals surface area contributed by atoms with Gasteiger partial charge in [-0.3, -0.25) is 0 Å². The highest BCUT2D eigenvalue weighted by atomic mass is 127. The van der Waals surface area contributed by atoms with Crippen LogP contribution in [0.15, 0.2) is 6.07 Å². The van der Waals surface area contributed by atoms with E-state index >= 15 is 0 Å². The highest BCUT2D eigenvalue weighted by Gasteiger charge is 2.14. The molecule has 1 aromatic rings. The zero-order valence-electron chi connectivity index (χ0n) is 8.74. The smallest absolute Gasteiger partial charge is 0.261 e. The molecule has 0 fully saturated rings. The van der Waals surface area contributed by atoms with Gasteiger partial charge in [0, 0.05) is 13.2 Å². The van der Waals surface area contributed by atoms with Crippen LogP contribution in [0.2, 0.25) is 0 Å². The molecule has 1 heterocycles. The maximum atomic E-state index is 5.33. The van der Waals surface area contributed by atoms with Gasteiger partial charge in [0.25, 0.3) is 5.88 Å². The summed E-state index contributed by atoms with van der Waals surface area (Å²) in [6, 6.07) is 1.75. The van der Waals surface area contributed by atoms with E-state index in [1.54, 1.807) is 13.2 Å².